The van der Waals surface area contributed by atoms with Crippen LogP contribution in [0.2, 0.25) is 0 Å². The van der Waals surface area contributed by atoms with Crippen LogP contribution in [0.3, 0.4) is 0 Å². The lowest BCUT2D eigenvalue weighted by molar-refractivity contribution is -0.138. The highest BCUT2D eigenvalue weighted by molar-refractivity contribution is 6.06. The Bertz CT molecular complexity index is 1410. The Hall–Kier alpha value is -3.96. The zero-order chi connectivity index (χ0) is 25.7. The Morgan fingerprint density at radius 1 is 1.00 bits per heavy atom. The highest BCUT2D eigenvalue weighted by Gasteiger charge is 2.38. The molecule has 0 aliphatic carbocycles. The summed E-state index contributed by atoms with van der Waals surface area (Å²) in [5.41, 5.74) is -5.11. The number of carbonyl (C=O) groups is 1. The van der Waals surface area contributed by atoms with Crippen LogP contribution >= 0.6 is 0 Å². The van der Waals surface area contributed by atoms with Gasteiger partial charge in [-0.1, -0.05) is 37.3 Å². The van der Waals surface area contributed by atoms with Crippen molar-refractivity contribution in [1.29, 1.82) is 0 Å². The number of nitrogens with zero attached hydrogens (tertiary/aromatic N) is 3. The van der Waals surface area contributed by atoms with Crippen molar-refractivity contribution in [2.75, 3.05) is 0 Å². The second kappa shape index (κ2) is 8.36. The van der Waals surface area contributed by atoms with Crippen LogP contribution in [-0.2, 0) is 12.4 Å². The summed E-state index contributed by atoms with van der Waals surface area (Å²) in [5, 5.41) is 9.70. The molecule has 0 saturated heterocycles. The Morgan fingerprint density at radius 3 is 2.17 bits per heavy atom. The smallest absolute Gasteiger partial charge is 0.417 e. The number of fused-ring (bicyclic) bond motifs is 1. The molecule has 2 heterocycles. The van der Waals surface area contributed by atoms with Crippen LogP contribution in [0.4, 0.5) is 32.3 Å². The average molecular weight is 495 g/mol. The van der Waals surface area contributed by atoms with E-state index in [2.05, 4.69) is 9.98 Å². The van der Waals surface area contributed by atoms with Gasteiger partial charge in [0.1, 0.15) is 0 Å². The minimum atomic E-state index is -4.86. The number of benzene rings is 2. The first-order chi connectivity index (χ1) is 16.3. The van der Waals surface area contributed by atoms with E-state index in [4.69, 9.17) is 0 Å². The first-order valence-electron chi connectivity index (χ1n) is 10.2. The van der Waals surface area contributed by atoms with E-state index in [-0.39, 0.29) is 23.6 Å². The summed E-state index contributed by atoms with van der Waals surface area (Å²) in [6.45, 7) is 1.64. The third-order valence-electron chi connectivity index (χ3n) is 5.54. The summed E-state index contributed by atoms with van der Waals surface area (Å²) in [6.07, 6.45) is -9.24. The SMILES string of the molecule is CCC1C(c2ccc(C(F)(F)F)cc2)=Nc2nc(-c3ccccc3C(F)(F)F)c(C(=O)O)c(=O)n21. The van der Waals surface area contributed by atoms with Crippen molar-refractivity contribution >= 4 is 17.6 Å². The Balaban J connectivity index is 1.94. The molecule has 4 rings (SSSR count). The lowest BCUT2D eigenvalue weighted by Gasteiger charge is -2.18. The molecule has 1 aliphatic rings. The molecule has 35 heavy (non-hydrogen) atoms. The molecule has 0 saturated carbocycles. The van der Waals surface area contributed by atoms with Gasteiger partial charge in [-0.25, -0.2) is 14.8 Å². The topological polar surface area (TPSA) is 84.6 Å². The predicted molar refractivity (Wildman–Crippen MR) is 113 cm³/mol. The van der Waals surface area contributed by atoms with Gasteiger partial charge in [0.25, 0.3) is 5.56 Å². The predicted octanol–water partition coefficient (Wildman–Crippen LogP) is 5.73. The summed E-state index contributed by atoms with van der Waals surface area (Å²) >= 11 is 0. The molecule has 1 aromatic heterocycles. The van der Waals surface area contributed by atoms with Crippen molar-refractivity contribution in [1.82, 2.24) is 9.55 Å². The number of carboxylic acid groups (broad SMARTS) is 1. The zero-order valence-electron chi connectivity index (χ0n) is 17.8. The van der Waals surface area contributed by atoms with Gasteiger partial charge in [0.05, 0.1) is 28.6 Å². The molecule has 1 unspecified atom stereocenters. The molecule has 0 radical (unpaired) electrons. The second-order valence-electron chi connectivity index (χ2n) is 7.66. The van der Waals surface area contributed by atoms with Crippen LogP contribution in [0.15, 0.2) is 58.3 Å². The van der Waals surface area contributed by atoms with E-state index in [0.29, 0.717) is 0 Å². The van der Waals surface area contributed by atoms with Crippen LogP contribution in [0.25, 0.3) is 11.3 Å². The van der Waals surface area contributed by atoms with E-state index in [1.165, 1.54) is 6.07 Å². The molecule has 6 nitrogen and oxygen atoms in total. The second-order valence-corrected chi connectivity index (χ2v) is 7.66. The normalized spacial score (nSPS) is 15.6. The molecular formula is C23H15F6N3O3. The number of alkyl halides is 6. The van der Waals surface area contributed by atoms with Crippen molar-refractivity contribution < 1.29 is 36.2 Å². The lowest BCUT2D eigenvalue weighted by Crippen LogP contribution is -2.32. The zero-order valence-corrected chi connectivity index (χ0v) is 17.8. The standard InChI is InChI=1S/C23H15F6N3O3/c1-2-15-17(11-7-9-12(10-8-11)22(24,25)26)30-21-31-18(16(20(34)35)19(33)32(15)21)13-5-3-4-6-14(13)23(27,28)29/h3-10,15H,2H2,1H3,(H,34,35). The Morgan fingerprint density at radius 2 is 1.63 bits per heavy atom. The fourth-order valence-corrected chi connectivity index (χ4v) is 3.97. The molecule has 1 aliphatic heterocycles. The monoisotopic (exact) mass is 495 g/mol. The maximum absolute atomic E-state index is 13.6. The van der Waals surface area contributed by atoms with Gasteiger partial charge in [0, 0.05) is 5.56 Å². The van der Waals surface area contributed by atoms with Gasteiger partial charge in [-0.3, -0.25) is 9.36 Å². The summed E-state index contributed by atoms with van der Waals surface area (Å²) in [6, 6.07) is 7.18. The highest BCUT2D eigenvalue weighted by atomic mass is 19.4. The summed E-state index contributed by atoms with van der Waals surface area (Å²) in [5.74, 6) is -2.11. The number of halogens is 6. The van der Waals surface area contributed by atoms with Gasteiger partial charge in [-0.2, -0.15) is 26.3 Å². The third kappa shape index (κ3) is 4.19. The molecule has 12 heteroatoms. The first kappa shape index (κ1) is 24.2. The first-order valence-corrected chi connectivity index (χ1v) is 10.2. The average Bonchev–Trinajstić information content (AvgIpc) is 3.16. The minimum Gasteiger partial charge on any atom is -0.477 e. The van der Waals surface area contributed by atoms with Gasteiger partial charge >= 0.3 is 18.3 Å². The summed E-state index contributed by atoms with van der Waals surface area (Å²) in [4.78, 5) is 33.4. The molecule has 0 amide bonds. The highest BCUT2D eigenvalue weighted by Crippen LogP contribution is 2.39. The third-order valence-corrected chi connectivity index (χ3v) is 5.54. The molecule has 0 fully saturated rings. The fraction of sp³-hybridized carbons (Fsp3) is 0.217. The van der Waals surface area contributed by atoms with E-state index < -0.39 is 57.9 Å². The molecule has 2 aromatic carbocycles. The fourth-order valence-electron chi connectivity index (χ4n) is 3.97. The van der Waals surface area contributed by atoms with Crippen LogP contribution < -0.4 is 5.56 Å². The largest absolute Gasteiger partial charge is 0.477 e. The number of hydrogen-bond donors (Lipinski definition) is 1. The quantitative estimate of drug-likeness (QED) is 0.469. The van der Waals surface area contributed by atoms with E-state index in [1.54, 1.807) is 6.92 Å². The van der Waals surface area contributed by atoms with Gasteiger partial charge < -0.3 is 5.11 Å². The van der Waals surface area contributed by atoms with E-state index in [9.17, 15) is 41.0 Å². The van der Waals surface area contributed by atoms with Crippen LogP contribution in [0.1, 0.15) is 46.4 Å². The number of hydrogen-bond acceptors (Lipinski definition) is 4. The Labute approximate surface area is 193 Å². The van der Waals surface area contributed by atoms with Gasteiger partial charge in [0.2, 0.25) is 5.95 Å². The molecular weight excluding hydrogens is 480 g/mol. The molecule has 0 bridgehead atoms. The van der Waals surface area contributed by atoms with Crippen molar-refractivity contribution in [2.45, 2.75) is 31.7 Å². The maximum Gasteiger partial charge on any atom is 0.417 e. The molecule has 3 aromatic rings. The summed E-state index contributed by atoms with van der Waals surface area (Å²) in [7, 11) is 0. The number of carboxylic acids is 1. The van der Waals surface area contributed by atoms with Gasteiger partial charge in [-0.05, 0) is 30.2 Å². The van der Waals surface area contributed by atoms with Crippen LogP contribution in [-0.4, -0.2) is 26.3 Å². The summed E-state index contributed by atoms with van der Waals surface area (Å²) < 4.78 is 80.5. The minimum absolute atomic E-state index is 0.142. The lowest BCUT2D eigenvalue weighted by atomic mass is 9.99. The van der Waals surface area contributed by atoms with Crippen LogP contribution in [0, 0.1) is 0 Å². The molecule has 1 N–H and O–H groups in total. The van der Waals surface area contributed by atoms with E-state index in [0.717, 1.165) is 47.0 Å². The van der Waals surface area contributed by atoms with Crippen molar-refractivity contribution in [3.05, 3.63) is 81.1 Å². The van der Waals surface area contributed by atoms with Crippen LogP contribution in [0.5, 0.6) is 0 Å². The van der Waals surface area contributed by atoms with E-state index >= 15 is 0 Å². The number of aliphatic imine (C=N–C) groups is 1. The Kier molecular flexibility index (Phi) is 5.78. The number of rotatable bonds is 4. The molecule has 182 valence electrons. The van der Waals surface area contributed by atoms with Gasteiger partial charge in [-0.15, -0.1) is 0 Å². The maximum atomic E-state index is 13.6. The molecule has 0 spiro atoms. The van der Waals surface area contributed by atoms with E-state index in [1.807, 2.05) is 0 Å². The van der Waals surface area contributed by atoms with Crippen molar-refractivity contribution in [3.8, 4) is 11.3 Å². The number of aromatic nitrogens is 2. The van der Waals surface area contributed by atoms with Gasteiger partial charge in [0.15, 0.2) is 5.56 Å². The molecule has 1 atom stereocenters. The van der Waals surface area contributed by atoms with Crippen molar-refractivity contribution in [3.63, 3.8) is 0 Å². The number of aromatic carboxylic acids is 1. The van der Waals surface area contributed by atoms with Crippen molar-refractivity contribution in [2.24, 2.45) is 4.99 Å².